The van der Waals surface area contributed by atoms with E-state index in [4.69, 9.17) is 10.5 Å². The molecule has 0 unspecified atom stereocenters. The van der Waals surface area contributed by atoms with Crippen LogP contribution in [-0.4, -0.2) is 23.1 Å². The fraction of sp³-hybridized carbons (Fsp3) is 0.0769. The average molecular weight is 338 g/mol. The highest BCUT2D eigenvalue weighted by Gasteiger charge is 2.12. The van der Waals surface area contributed by atoms with Crippen LogP contribution in [0.25, 0.3) is 0 Å². The Morgan fingerprint density at radius 1 is 1.45 bits per heavy atom. The number of hydrogen-bond acceptors (Lipinski definition) is 5. The summed E-state index contributed by atoms with van der Waals surface area (Å²) in [6.07, 6.45) is 1.44. The minimum absolute atomic E-state index is 0.107. The predicted molar refractivity (Wildman–Crippen MR) is 79.0 cm³/mol. The zero-order valence-corrected chi connectivity index (χ0v) is 12.1. The summed E-state index contributed by atoms with van der Waals surface area (Å²) in [5, 5.41) is 12.3. The van der Waals surface area contributed by atoms with Crippen LogP contribution in [0, 0.1) is 0 Å². The lowest BCUT2D eigenvalue weighted by Gasteiger charge is -2.08. The lowest BCUT2D eigenvalue weighted by molar-refractivity contribution is 0.102. The van der Waals surface area contributed by atoms with Gasteiger partial charge in [-0.15, -0.1) is 0 Å². The largest absolute Gasteiger partial charge is 0.504 e. The Morgan fingerprint density at radius 2 is 2.20 bits per heavy atom. The number of pyridine rings is 1. The van der Waals surface area contributed by atoms with Crippen molar-refractivity contribution >= 4 is 33.3 Å². The number of nitrogens with one attached hydrogen (secondary N) is 1. The molecule has 1 amide bonds. The van der Waals surface area contributed by atoms with E-state index in [1.807, 2.05) is 0 Å². The Morgan fingerprint density at radius 3 is 2.80 bits per heavy atom. The number of phenols is 1. The van der Waals surface area contributed by atoms with Crippen molar-refractivity contribution < 1.29 is 14.6 Å². The molecule has 2 aromatic rings. The van der Waals surface area contributed by atoms with Gasteiger partial charge in [-0.25, -0.2) is 4.98 Å². The molecule has 0 bridgehead atoms. The number of nitrogens with zero attached hydrogens (tertiary/aromatic N) is 1. The van der Waals surface area contributed by atoms with Crippen molar-refractivity contribution in [2.24, 2.45) is 0 Å². The van der Waals surface area contributed by atoms with Crippen LogP contribution in [-0.2, 0) is 0 Å². The molecule has 1 aromatic carbocycles. The van der Waals surface area contributed by atoms with Gasteiger partial charge in [-0.2, -0.15) is 0 Å². The van der Waals surface area contributed by atoms with Crippen molar-refractivity contribution in [3.63, 3.8) is 0 Å². The molecule has 0 aliphatic carbocycles. The minimum Gasteiger partial charge on any atom is -0.504 e. The smallest absolute Gasteiger partial charge is 0.256 e. The molecule has 0 saturated carbocycles. The van der Waals surface area contributed by atoms with E-state index >= 15 is 0 Å². The first-order chi connectivity index (χ1) is 9.51. The molecule has 0 spiro atoms. The zero-order valence-electron chi connectivity index (χ0n) is 10.6. The zero-order chi connectivity index (χ0) is 14.7. The van der Waals surface area contributed by atoms with Gasteiger partial charge in [0.25, 0.3) is 5.91 Å². The molecule has 0 saturated heterocycles. The predicted octanol–water partition coefficient (Wildman–Crippen LogP) is 2.39. The van der Waals surface area contributed by atoms with Crippen LogP contribution in [0.4, 0.5) is 11.5 Å². The number of aromatic nitrogens is 1. The Hall–Kier alpha value is -2.28. The molecule has 1 heterocycles. The normalized spacial score (nSPS) is 10.1. The lowest BCUT2D eigenvalue weighted by atomic mass is 10.2. The first-order valence-electron chi connectivity index (χ1n) is 5.60. The first kappa shape index (κ1) is 14.1. The van der Waals surface area contributed by atoms with Crippen LogP contribution in [0.1, 0.15) is 10.4 Å². The molecule has 0 aliphatic rings. The minimum atomic E-state index is -0.402. The third-order valence-corrected chi connectivity index (χ3v) is 3.14. The summed E-state index contributed by atoms with van der Waals surface area (Å²) in [5.41, 5.74) is 6.34. The summed E-state index contributed by atoms with van der Waals surface area (Å²) < 4.78 is 5.49. The number of phenolic OH excluding ortho intramolecular Hbond substituents is 1. The number of amides is 1. The number of methoxy groups -OCH3 is 1. The van der Waals surface area contributed by atoms with Crippen molar-refractivity contribution in [2.45, 2.75) is 0 Å². The summed E-state index contributed by atoms with van der Waals surface area (Å²) in [6.45, 7) is 0. The van der Waals surface area contributed by atoms with E-state index in [1.54, 1.807) is 12.1 Å². The number of aromatic hydroxyl groups is 1. The lowest BCUT2D eigenvalue weighted by Crippen LogP contribution is -2.13. The summed E-state index contributed by atoms with van der Waals surface area (Å²) in [4.78, 5) is 16.1. The van der Waals surface area contributed by atoms with Crippen molar-refractivity contribution in [3.05, 3.63) is 40.5 Å². The van der Waals surface area contributed by atoms with Crippen LogP contribution in [0.2, 0.25) is 0 Å². The molecule has 20 heavy (non-hydrogen) atoms. The highest BCUT2D eigenvalue weighted by molar-refractivity contribution is 9.10. The fourth-order valence-electron chi connectivity index (χ4n) is 1.56. The second-order valence-electron chi connectivity index (χ2n) is 3.94. The molecule has 104 valence electrons. The Kier molecular flexibility index (Phi) is 4.09. The van der Waals surface area contributed by atoms with Crippen LogP contribution in [0.3, 0.4) is 0 Å². The number of ether oxygens (including phenoxy) is 1. The van der Waals surface area contributed by atoms with Crippen molar-refractivity contribution in [1.82, 2.24) is 4.98 Å². The van der Waals surface area contributed by atoms with Crippen molar-refractivity contribution in [1.29, 1.82) is 0 Å². The molecular weight excluding hydrogens is 326 g/mol. The molecule has 7 heteroatoms. The number of nitrogen functional groups attached to an aromatic ring is 1. The number of halogens is 1. The summed E-state index contributed by atoms with van der Waals surface area (Å²) >= 11 is 3.26. The highest BCUT2D eigenvalue weighted by Crippen LogP contribution is 2.27. The molecular formula is C13H12BrN3O3. The number of benzene rings is 1. The van der Waals surface area contributed by atoms with Gasteiger partial charge >= 0.3 is 0 Å². The molecule has 6 nitrogen and oxygen atoms in total. The van der Waals surface area contributed by atoms with Gasteiger partial charge in [0.05, 0.1) is 23.5 Å². The van der Waals surface area contributed by atoms with Gasteiger partial charge in [0.15, 0.2) is 11.5 Å². The second kappa shape index (κ2) is 5.79. The monoisotopic (exact) mass is 337 g/mol. The van der Waals surface area contributed by atoms with Crippen LogP contribution < -0.4 is 15.8 Å². The second-order valence-corrected chi connectivity index (χ2v) is 4.79. The van der Waals surface area contributed by atoms with Gasteiger partial charge in [-0.1, -0.05) is 0 Å². The van der Waals surface area contributed by atoms with Gasteiger partial charge in [-0.05, 0) is 40.2 Å². The Bertz CT molecular complexity index is 661. The number of carbonyl (C=O) groups excluding carboxylic acids is 1. The number of hydrogen-bond donors (Lipinski definition) is 3. The highest BCUT2D eigenvalue weighted by atomic mass is 79.9. The number of anilines is 2. The van der Waals surface area contributed by atoms with Gasteiger partial charge in [0, 0.05) is 5.56 Å². The number of carbonyl (C=O) groups is 1. The van der Waals surface area contributed by atoms with E-state index in [9.17, 15) is 9.90 Å². The molecule has 1 aromatic heterocycles. The van der Waals surface area contributed by atoms with Crippen molar-refractivity contribution in [3.8, 4) is 11.5 Å². The van der Waals surface area contributed by atoms with Gasteiger partial charge in [0.2, 0.25) is 0 Å². The fourth-order valence-corrected chi connectivity index (χ4v) is 2.02. The van der Waals surface area contributed by atoms with Crippen LogP contribution in [0.5, 0.6) is 11.5 Å². The van der Waals surface area contributed by atoms with E-state index in [1.165, 1.54) is 25.4 Å². The number of rotatable bonds is 3. The Labute approximate surface area is 123 Å². The first-order valence-corrected chi connectivity index (χ1v) is 6.40. The quantitative estimate of drug-likeness (QED) is 0.798. The number of nitrogens with two attached hydrogens (primary N) is 1. The SMILES string of the molecule is COc1ccc(C(=O)Nc2ncc(N)cc2Br)cc1O. The summed E-state index contributed by atoms with van der Waals surface area (Å²) in [6, 6.07) is 6.00. The van der Waals surface area contributed by atoms with Gasteiger partial charge in [-0.3, -0.25) is 4.79 Å². The molecule has 0 radical (unpaired) electrons. The van der Waals surface area contributed by atoms with E-state index in [-0.39, 0.29) is 11.3 Å². The van der Waals surface area contributed by atoms with E-state index in [0.717, 1.165) is 0 Å². The third-order valence-electron chi connectivity index (χ3n) is 2.54. The van der Waals surface area contributed by atoms with Crippen LogP contribution >= 0.6 is 15.9 Å². The van der Waals surface area contributed by atoms with Crippen molar-refractivity contribution in [2.75, 3.05) is 18.2 Å². The maximum atomic E-state index is 12.0. The van der Waals surface area contributed by atoms with Gasteiger partial charge < -0.3 is 20.9 Å². The summed E-state index contributed by atoms with van der Waals surface area (Å²) in [7, 11) is 1.43. The maximum absolute atomic E-state index is 12.0. The molecule has 0 aliphatic heterocycles. The third kappa shape index (κ3) is 3.00. The molecule has 2 rings (SSSR count). The molecule has 0 fully saturated rings. The van der Waals surface area contributed by atoms with E-state index in [0.29, 0.717) is 21.7 Å². The molecule has 4 N–H and O–H groups in total. The molecule has 0 atom stereocenters. The summed E-state index contributed by atoms with van der Waals surface area (Å²) in [5.74, 6) is 0.137. The Balaban J connectivity index is 2.21. The van der Waals surface area contributed by atoms with Gasteiger partial charge in [0.1, 0.15) is 5.82 Å². The van der Waals surface area contributed by atoms with E-state index < -0.39 is 5.91 Å². The van der Waals surface area contributed by atoms with Crippen LogP contribution in [0.15, 0.2) is 34.9 Å². The maximum Gasteiger partial charge on any atom is 0.256 e. The average Bonchev–Trinajstić information content (AvgIpc) is 2.41. The standard InChI is InChI=1S/C13H12BrN3O3/c1-20-11-3-2-7(4-10(11)18)13(19)17-12-9(14)5-8(15)6-16-12/h2-6,18H,15H2,1H3,(H,16,17,19). The topological polar surface area (TPSA) is 97.5 Å². The van der Waals surface area contributed by atoms with E-state index in [2.05, 4.69) is 26.2 Å².